The Morgan fingerprint density at radius 3 is 0.968 bits per heavy atom. The van der Waals surface area contributed by atoms with Gasteiger partial charge in [0.25, 0.3) is 0 Å². The molecule has 4 aromatic heterocycles. The van der Waals surface area contributed by atoms with Crippen LogP contribution in [0.3, 0.4) is 0 Å². The van der Waals surface area contributed by atoms with Crippen molar-refractivity contribution in [2.75, 3.05) is 0 Å². The Kier molecular flexibility index (Phi) is 6.53. The van der Waals surface area contributed by atoms with Crippen LogP contribution in [0.1, 0.15) is 105 Å². The summed E-state index contributed by atoms with van der Waals surface area (Å²) in [5, 5.41) is 21.6. The van der Waals surface area contributed by atoms with Crippen LogP contribution in [0.15, 0.2) is 109 Å². The summed E-state index contributed by atoms with van der Waals surface area (Å²) in [5.41, 5.74) is 13.5. The number of nitrogens with zero attached hydrogens (tertiary/aromatic N) is 2. The molecule has 13 aromatic rings. The van der Waals surface area contributed by atoms with Gasteiger partial charge in [-0.15, -0.1) is 0 Å². The third-order valence-electron chi connectivity index (χ3n) is 15.1. The summed E-state index contributed by atoms with van der Waals surface area (Å²) in [6.45, 7) is 28.1. The molecular weight excluding hydrogens is 749 g/mol. The summed E-state index contributed by atoms with van der Waals surface area (Å²) in [5.74, 6) is 0. The maximum atomic E-state index is 2.60. The summed E-state index contributed by atoms with van der Waals surface area (Å²) in [7, 11) is 0. The Morgan fingerprint density at radius 1 is 0.258 bits per heavy atom. The zero-order valence-corrected chi connectivity index (χ0v) is 38.3. The van der Waals surface area contributed by atoms with Crippen LogP contribution < -0.4 is 0 Å². The average Bonchev–Trinajstić information content (AvgIpc) is 3.93. The minimum absolute atomic E-state index is 0.00159. The molecule has 62 heavy (non-hydrogen) atoms. The monoisotopic (exact) mass is 802 g/mol. The molecule has 0 unspecified atom stereocenters. The van der Waals surface area contributed by atoms with Gasteiger partial charge < -0.3 is 8.80 Å². The third-order valence-corrected chi connectivity index (χ3v) is 15.1. The zero-order valence-electron chi connectivity index (χ0n) is 38.3. The molecule has 0 saturated carbocycles. The van der Waals surface area contributed by atoms with Crippen molar-refractivity contribution in [1.82, 2.24) is 8.80 Å². The predicted molar refractivity (Wildman–Crippen MR) is 272 cm³/mol. The molecular formula is C60H54N2. The largest absolute Gasteiger partial charge is 0.308 e. The van der Waals surface area contributed by atoms with Gasteiger partial charge in [0.15, 0.2) is 0 Å². The number of hydrogen-bond acceptors (Lipinski definition) is 0. The van der Waals surface area contributed by atoms with Gasteiger partial charge >= 0.3 is 0 Å². The molecule has 0 fully saturated rings. The maximum absolute atomic E-state index is 2.60. The second-order valence-corrected chi connectivity index (χ2v) is 23.1. The van der Waals surface area contributed by atoms with Gasteiger partial charge in [0.2, 0.25) is 0 Å². The lowest BCUT2D eigenvalue weighted by Gasteiger charge is -2.21. The SMILES string of the molecule is CC(C)(C)c1ccc2c(c1)c1cc(C(C)(C)C)cc3c4c5cccc6c7cc8c(c9cccc(c(cc4n2c13)c65)c79)c1cc(C(C)(C)C)cc2c3cc(C(C)(C)C)ccc3n8c21. The highest BCUT2D eigenvalue weighted by molar-refractivity contribution is 6.43. The Balaban J connectivity index is 1.24. The molecule has 0 saturated heterocycles. The van der Waals surface area contributed by atoms with Gasteiger partial charge in [-0.05, 0) is 148 Å². The molecule has 13 rings (SSSR count). The van der Waals surface area contributed by atoms with Crippen LogP contribution in [0.4, 0.5) is 0 Å². The molecule has 0 atom stereocenters. The van der Waals surface area contributed by atoms with Gasteiger partial charge in [-0.1, -0.05) is 132 Å². The summed E-state index contributed by atoms with van der Waals surface area (Å²) >= 11 is 0. The minimum Gasteiger partial charge on any atom is -0.308 e. The molecule has 0 spiro atoms. The lowest BCUT2D eigenvalue weighted by Crippen LogP contribution is -2.11. The lowest BCUT2D eigenvalue weighted by molar-refractivity contribution is 0.590. The summed E-state index contributed by atoms with van der Waals surface area (Å²) < 4.78 is 5.21. The molecule has 9 aromatic carbocycles. The van der Waals surface area contributed by atoms with E-state index in [1.54, 1.807) is 0 Å². The van der Waals surface area contributed by atoms with Crippen molar-refractivity contribution in [3.63, 3.8) is 0 Å². The molecule has 0 amide bonds. The standard InChI is InChI=1S/C60H54N2/c1-57(2,3)31-19-21-47-39(23-31)43-25-33(59(7,8)9)27-45-53-37-17-13-16-36-42-30-50-54(38-18-14-15-35(52(38)42)41(51(36)37)29-49(53)61(47)55(43)45)46-28-34(60(10,11)12)26-44-40-24-32(58(4,5)6)20-22-48(40)62(50)56(44)46/h13-30H,1-12H3. The van der Waals surface area contributed by atoms with Gasteiger partial charge in [0.05, 0.1) is 33.1 Å². The van der Waals surface area contributed by atoms with Gasteiger partial charge in [0, 0.05) is 43.1 Å². The second-order valence-electron chi connectivity index (χ2n) is 23.1. The minimum atomic E-state index is -0.00159. The highest BCUT2D eigenvalue weighted by Gasteiger charge is 2.29. The van der Waals surface area contributed by atoms with Crippen molar-refractivity contribution in [3.05, 3.63) is 131 Å². The van der Waals surface area contributed by atoms with Crippen LogP contribution >= 0.6 is 0 Å². The molecule has 0 bridgehead atoms. The van der Waals surface area contributed by atoms with Crippen LogP contribution in [-0.2, 0) is 21.7 Å². The first-order valence-corrected chi connectivity index (χ1v) is 22.8. The van der Waals surface area contributed by atoms with Crippen molar-refractivity contribution >= 4 is 119 Å². The Hall–Kier alpha value is -6.12. The van der Waals surface area contributed by atoms with E-state index in [1.165, 1.54) is 142 Å². The maximum Gasteiger partial charge on any atom is 0.0620 e. The first-order chi connectivity index (χ1) is 29.3. The Morgan fingerprint density at radius 2 is 0.597 bits per heavy atom. The van der Waals surface area contributed by atoms with Crippen molar-refractivity contribution in [2.24, 2.45) is 0 Å². The number of benzene rings is 9. The van der Waals surface area contributed by atoms with Crippen LogP contribution in [0.2, 0.25) is 0 Å². The molecule has 0 radical (unpaired) electrons. The Labute approximate surface area is 362 Å². The fourth-order valence-electron chi connectivity index (χ4n) is 11.7. The number of fused-ring (bicyclic) bond motifs is 16. The summed E-state index contributed by atoms with van der Waals surface area (Å²) in [6, 6.07) is 43.9. The normalized spacial score (nSPS) is 14.1. The van der Waals surface area contributed by atoms with E-state index in [4.69, 9.17) is 0 Å². The predicted octanol–water partition coefficient (Wildman–Crippen LogP) is 17.2. The first kappa shape index (κ1) is 36.5. The topological polar surface area (TPSA) is 8.82 Å². The van der Waals surface area contributed by atoms with Gasteiger partial charge in [-0.2, -0.15) is 0 Å². The molecule has 4 heterocycles. The van der Waals surface area contributed by atoms with Crippen molar-refractivity contribution in [2.45, 2.75) is 105 Å². The van der Waals surface area contributed by atoms with Gasteiger partial charge in [-0.3, -0.25) is 0 Å². The smallest absolute Gasteiger partial charge is 0.0620 e. The average molecular weight is 803 g/mol. The van der Waals surface area contributed by atoms with Gasteiger partial charge in [-0.25, -0.2) is 0 Å². The molecule has 0 aliphatic rings. The van der Waals surface area contributed by atoms with Crippen LogP contribution in [0, 0.1) is 0 Å². The molecule has 0 aliphatic heterocycles. The second kappa shape index (κ2) is 11.1. The zero-order chi connectivity index (χ0) is 42.9. The molecule has 2 heteroatoms. The molecule has 0 N–H and O–H groups in total. The summed E-state index contributed by atoms with van der Waals surface area (Å²) in [4.78, 5) is 0. The highest BCUT2D eigenvalue weighted by Crippen LogP contribution is 2.52. The first-order valence-electron chi connectivity index (χ1n) is 22.8. The van der Waals surface area contributed by atoms with Crippen molar-refractivity contribution in [3.8, 4) is 0 Å². The van der Waals surface area contributed by atoms with E-state index >= 15 is 0 Å². The van der Waals surface area contributed by atoms with Crippen LogP contribution in [-0.4, -0.2) is 8.80 Å². The van der Waals surface area contributed by atoms with Crippen LogP contribution in [0.5, 0.6) is 0 Å². The number of hydrogen-bond donors (Lipinski definition) is 0. The van der Waals surface area contributed by atoms with E-state index in [9.17, 15) is 0 Å². The van der Waals surface area contributed by atoms with E-state index in [2.05, 4.69) is 201 Å². The van der Waals surface area contributed by atoms with Gasteiger partial charge in [0.1, 0.15) is 0 Å². The van der Waals surface area contributed by atoms with E-state index in [-0.39, 0.29) is 21.7 Å². The van der Waals surface area contributed by atoms with Crippen molar-refractivity contribution < 1.29 is 0 Å². The summed E-state index contributed by atoms with van der Waals surface area (Å²) in [6.07, 6.45) is 0. The molecule has 2 nitrogen and oxygen atoms in total. The fraction of sp³-hybridized carbons (Fsp3) is 0.267. The molecule has 304 valence electrons. The van der Waals surface area contributed by atoms with E-state index in [0.717, 1.165) is 0 Å². The van der Waals surface area contributed by atoms with E-state index < -0.39 is 0 Å². The fourth-order valence-corrected chi connectivity index (χ4v) is 11.7. The number of aromatic nitrogens is 2. The lowest BCUT2D eigenvalue weighted by atomic mass is 9.83. The van der Waals surface area contributed by atoms with Crippen molar-refractivity contribution in [1.29, 1.82) is 0 Å². The Bertz CT molecular complexity index is 3830. The number of rotatable bonds is 0. The van der Waals surface area contributed by atoms with E-state index in [1.807, 2.05) is 0 Å². The third kappa shape index (κ3) is 4.46. The van der Waals surface area contributed by atoms with Crippen LogP contribution in [0.25, 0.3) is 119 Å². The highest BCUT2D eigenvalue weighted by atomic mass is 14.9. The van der Waals surface area contributed by atoms with E-state index in [0.29, 0.717) is 0 Å². The quantitative estimate of drug-likeness (QED) is 0.107. The molecule has 0 aliphatic carbocycles.